The van der Waals surface area contributed by atoms with Gasteiger partial charge in [-0.1, -0.05) is 12.1 Å². The molecule has 0 radical (unpaired) electrons. The number of hydrogen-bond acceptors (Lipinski definition) is 5. The lowest BCUT2D eigenvalue weighted by atomic mass is 9.88. The predicted octanol–water partition coefficient (Wildman–Crippen LogP) is 4.90. The highest BCUT2D eigenvalue weighted by atomic mass is 32.2. The van der Waals surface area contributed by atoms with Crippen molar-refractivity contribution in [1.29, 1.82) is 0 Å². The molecule has 1 aliphatic heterocycles. The Balaban J connectivity index is 1.53. The molecule has 0 saturated carbocycles. The monoisotopic (exact) mass is 632 g/mol. The summed E-state index contributed by atoms with van der Waals surface area (Å²) in [5.74, 6) is -6.83. The maximum Gasteiger partial charge on any atom is 0.404 e. The standard InChI is InChI=1S/C28H27F7N4O3S/c29-19-3-1-17(2-4-19)24(18-9-20(30)11-21(31)10-18)12-27(40)38-26-15-37-14-25(32)23(26)6-5-22-13-36-7-8-39(22)43(41,42)16-28(33,34)35/h1-4,9-11,14-15,22,24,36H,5-8,12-13,16H2,(H,38,40). The van der Waals surface area contributed by atoms with Crippen molar-refractivity contribution < 1.29 is 43.9 Å². The lowest BCUT2D eigenvalue weighted by Crippen LogP contribution is -2.55. The van der Waals surface area contributed by atoms with Crippen molar-refractivity contribution in [2.45, 2.75) is 37.4 Å². The minimum absolute atomic E-state index is 0.0367. The van der Waals surface area contributed by atoms with Gasteiger partial charge in [-0.2, -0.15) is 17.5 Å². The molecule has 2 aromatic carbocycles. The van der Waals surface area contributed by atoms with Crippen molar-refractivity contribution in [1.82, 2.24) is 14.6 Å². The molecule has 4 rings (SSSR count). The van der Waals surface area contributed by atoms with E-state index in [1.807, 2.05) is 0 Å². The molecular weight excluding hydrogens is 605 g/mol. The summed E-state index contributed by atoms with van der Waals surface area (Å²) in [5, 5.41) is 5.44. The third-order valence-corrected chi connectivity index (χ3v) is 8.84. The zero-order valence-electron chi connectivity index (χ0n) is 22.5. The van der Waals surface area contributed by atoms with E-state index >= 15 is 0 Å². The van der Waals surface area contributed by atoms with Crippen LogP contribution in [0, 0.1) is 23.3 Å². The molecular formula is C28H27F7N4O3S. The van der Waals surface area contributed by atoms with E-state index in [1.165, 1.54) is 12.1 Å². The van der Waals surface area contributed by atoms with Gasteiger partial charge in [0.05, 0.1) is 18.1 Å². The number of nitrogens with zero attached hydrogens (tertiary/aromatic N) is 2. The number of anilines is 1. The number of carbonyl (C=O) groups excluding carboxylic acids is 1. The minimum atomic E-state index is -4.94. The molecule has 232 valence electrons. The maximum absolute atomic E-state index is 14.9. The van der Waals surface area contributed by atoms with E-state index in [-0.39, 0.29) is 55.7 Å². The quantitative estimate of drug-likeness (QED) is 0.311. The molecule has 1 saturated heterocycles. The van der Waals surface area contributed by atoms with Crippen molar-refractivity contribution >= 4 is 21.6 Å². The van der Waals surface area contributed by atoms with E-state index in [2.05, 4.69) is 15.6 Å². The topological polar surface area (TPSA) is 91.4 Å². The van der Waals surface area contributed by atoms with Gasteiger partial charge < -0.3 is 10.6 Å². The van der Waals surface area contributed by atoms with Gasteiger partial charge in [0, 0.05) is 49.6 Å². The highest BCUT2D eigenvalue weighted by Gasteiger charge is 2.41. The van der Waals surface area contributed by atoms with E-state index in [4.69, 9.17) is 0 Å². The summed E-state index contributed by atoms with van der Waals surface area (Å²) < 4.78 is 121. The van der Waals surface area contributed by atoms with Gasteiger partial charge in [0.2, 0.25) is 15.9 Å². The second-order valence-corrected chi connectivity index (χ2v) is 12.0. The van der Waals surface area contributed by atoms with Crippen LogP contribution in [0.3, 0.4) is 0 Å². The van der Waals surface area contributed by atoms with Crippen LogP contribution in [0.25, 0.3) is 0 Å². The molecule has 1 fully saturated rings. The fourth-order valence-electron chi connectivity index (χ4n) is 5.07. The lowest BCUT2D eigenvalue weighted by molar-refractivity contribution is -0.116. The number of alkyl halides is 3. The van der Waals surface area contributed by atoms with E-state index in [0.717, 1.165) is 41.0 Å². The fraction of sp³-hybridized carbons (Fsp3) is 0.357. The fourth-order valence-corrected chi connectivity index (χ4v) is 6.65. The van der Waals surface area contributed by atoms with Crippen LogP contribution >= 0.6 is 0 Å². The van der Waals surface area contributed by atoms with Gasteiger partial charge in [-0.05, 0) is 48.2 Å². The Kier molecular flexibility index (Phi) is 10.1. The number of piperazine rings is 1. The summed E-state index contributed by atoms with van der Waals surface area (Å²) in [6.07, 6.45) is -3.53. The predicted molar refractivity (Wildman–Crippen MR) is 144 cm³/mol. The number of halogens is 7. The first kappa shape index (κ1) is 32.4. The van der Waals surface area contributed by atoms with Crippen LogP contribution in [0.15, 0.2) is 54.9 Å². The van der Waals surface area contributed by atoms with Crippen LogP contribution in [0.2, 0.25) is 0 Å². The number of sulfonamides is 1. The van der Waals surface area contributed by atoms with Crippen molar-refractivity contribution in [3.05, 3.63) is 94.8 Å². The molecule has 2 N–H and O–H groups in total. The smallest absolute Gasteiger partial charge is 0.324 e. The normalized spacial score (nSPS) is 17.0. The van der Waals surface area contributed by atoms with Crippen molar-refractivity contribution in [3.8, 4) is 0 Å². The lowest BCUT2D eigenvalue weighted by Gasteiger charge is -2.35. The van der Waals surface area contributed by atoms with Crippen LogP contribution < -0.4 is 10.6 Å². The SMILES string of the molecule is O=C(CC(c1ccc(F)cc1)c1cc(F)cc(F)c1)Nc1cncc(F)c1CCC1CNCCN1S(=O)(=O)CC(F)(F)F. The minimum Gasteiger partial charge on any atom is -0.324 e. The number of nitrogens with one attached hydrogen (secondary N) is 2. The first-order valence-corrected chi connectivity index (χ1v) is 14.7. The van der Waals surface area contributed by atoms with E-state index in [9.17, 15) is 43.9 Å². The molecule has 43 heavy (non-hydrogen) atoms. The second-order valence-electron chi connectivity index (χ2n) is 10.1. The van der Waals surface area contributed by atoms with Gasteiger partial charge >= 0.3 is 6.18 Å². The van der Waals surface area contributed by atoms with Crippen molar-refractivity contribution in [2.75, 3.05) is 30.7 Å². The van der Waals surface area contributed by atoms with Gasteiger partial charge in [0.15, 0.2) is 5.75 Å². The molecule has 1 aromatic heterocycles. The number of benzene rings is 2. The van der Waals surface area contributed by atoms with E-state index < -0.39 is 63.1 Å². The van der Waals surface area contributed by atoms with Gasteiger partial charge in [-0.3, -0.25) is 9.78 Å². The Morgan fingerprint density at radius 3 is 2.33 bits per heavy atom. The number of amides is 1. The number of carbonyl (C=O) groups is 1. The average molecular weight is 633 g/mol. The van der Waals surface area contributed by atoms with E-state index in [1.54, 1.807) is 0 Å². The Bertz CT molecular complexity index is 1530. The van der Waals surface area contributed by atoms with Crippen LogP contribution in [0.1, 0.15) is 35.4 Å². The van der Waals surface area contributed by atoms with Crippen LogP contribution in [-0.4, -0.2) is 61.2 Å². The van der Waals surface area contributed by atoms with Gasteiger partial charge in [0.25, 0.3) is 0 Å². The molecule has 7 nitrogen and oxygen atoms in total. The van der Waals surface area contributed by atoms with Crippen LogP contribution in [0.4, 0.5) is 36.4 Å². The van der Waals surface area contributed by atoms with Crippen LogP contribution in [0.5, 0.6) is 0 Å². The van der Waals surface area contributed by atoms with Crippen LogP contribution in [-0.2, 0) is 21.2 Å². The van der Waals surface area contributed by atoms with Crippen molar-refractivity contribution in [2.24, 2.45) is 0 Å². The molecule has 2 heterocycles. The maximum atomic E-state index is 14.9. The molecule has 0 aliphatic carbocycles. The Morgan fingerprint density at radius 1 is 1.00 bits per heavy atom. The molecule has 0 spiro atoms. The third kappa shape index (κ3) is 8.74. The number of aromatic nitrogens is 1. The number of rotatable bonds is 10. The highest BCUT2D eigenvalue weighted by molar-refractivity contribution is 7.89. The number of hydrogen-bond donors (Lipinski definition) is 2. The summed E-state index contributed by atoms with van der Waals surface area (Å²) in [4.78, 5) is 16.9. The van der Waals surface area contributed by atoms with Gasteiger partial charge in [0.1, 0.15) is 23.3 Å². The first-order chi connectivity index (χ1) is 20.2. The summed E-state index contributed by atoms with van der Waals surface area (Å²) in [6.45, 7) is -0.0189. The molecule has 3 aromatic rings. The summed E-state index contributed by atoms with van der Waals surface area (Å²) >= 11 is 0. The summed E-state index contributed by atoms with van der Waals surface area (Å²) in [5.41, 5.74) is 0.352. The van der Waals surface area contributed by atoms with E-state index in [0.29, 0.717) is 11.6 Å². The average Bonchev–Trinajstić information content (AvgIpc) is 2.90. The van der Waals surface area contributed by atoms with Crippen molar-refractivity contribution in [3.63, 3.8) is 0 Å². The summed E-state index contributed by atoms with van der Waals surface area (Å²) in [6, 6.07) is 6.80. The molecule has 2 atom stereocenters. The van der Waals surface area contributed by atoms with Gasteiger partial charge in [-0.25, -0.2) is 26.0 Å². The van der Waals surface area contributed by atoms with Gasteiger partial charge in [-0.15, -0.1) is 0 Å². The molecule has 15 heteroatoms. The molecule has 1 amide bonds. The Morgan fingerprint density at radius 2 is 1.67 bits per heavy atom. The zero-order valence-corrected chi connectivity index (χ0v) is 23.3. The Hall–Kier alpha value is -3.56. The zero-order chi connectivity index (χ0) is 31.4. The Labute approximate surface area is 243 Å². The third-order valence-electron chi connectivity index (χ3n) is 6.96. The largest absolute Gasteiger partial charge is 0.404 e. The number of pyridine rings is 1. The second kappa shape index (κ2) is 13.4. The molecule has 1 aliphatic rings. The summed E-state index contributed by atoms with van der Waals surface area (Å²) in [7, 11) is -4.69. The molecule has 0 bridgehead atoms. The molecule has 2 unspecified atom stereocenters. The first-order valence-electron chi connectivity index (χ1n) is 13.1. The highest BCUT2D eigenvalue weighted by Crippen LogP contribution is 2.31.